The molecule has 0 aliphatic carbocycles. The van der Waals surface area contributed by atoms with E-state index in [1.165, 1.54) is 0 Å². The van der Waals surface area contributed by atoms with Gasteiger partial charge in [-0.1, -0.05) is 13.2 Å². The minimum atomic E-state index is -0.600. The summed E-state index contributed by atoms with van der Waals surface area (Å²) in [6.07, 6.45) is 6.21. The summed E-state index contributed by atoms with van der Waals surface area (Å²) in [5.74, 6) is -1.20. The lowest BCUT2D eigenvalue weighted by molar-refractivity contribution is -0.133. The average Bonchev–Trinajstić information content (AvgIpc) is 2.26. The number of hydrogen-bond acceptors (Lipinski definition) is 5. The summed E-state index contributed by atoms with van der Waals surface area (Å²) in [5.41, 5.74) is 0. The van der Waals surface area contributed by atoms with E-state index < -0.39 is 11.9 Å². The quantitative estimate of drug-likeness (QED) is 0.376. The van der Waals surface area contributed by atoms with Crippen LogP contribution in [0.5, 0.6) is 0 Å². The van der Waals surface area contributed by atoms with Crippen molar-refractivity contribution in [2.45, 2.75) is 0 Å². The second-order valence-corrected chi connectivity index (χ2v) is 1.96. The number of rotatable bonds is 6. The lowest BCUT2D eigenvalue weighted by Crippen LogP contribution is -1.92. The van der Waals surface area contributed by atoms with Crippen LogP contribution in [0.15, 0.2) is 50.4 Å². The van der Waals surface area contributed by atoms with Gasteiger partial charge in [-0.3, -0.25) is 0 Å². The third kappa shape index (κ3) is 8.04. The van der Waals surface area contributed by atoms with Crippen LogP contribution in [0.4, 0.5) is 0 Å². The van der Waals surface area contributed by atoms with Crippen LogP contribution in [0.1, 0.15) is 0 Å². The minimum absolute atomic E-state index is 0.600. The molecule has 0 rings (SSSR count). The highest BCUT2D eigenvalue weighted by atomic mass is 16.6. The minimum Gasteiger partial charge on any atom is -0.466 e. The first-order valence-electron chi connectivity index (χ1n) is 3.82. The summed E-state index contributed by atoms with van der Waals surface area (Å²) < 4.78 is 13.5. The maximum atomic E-state index is 10.5. The fourth-order valence-corrected chi connectivity index (χ4v) is 0.395. The molecule has 0 heterocycles. The molecule has 5 heteroatoms. The topological polar surface area (TPSA) is 61.8 Å². The molecule has 80 valence electrons. The Kier molecular flexibility index (Phi) is 7.03. The Labute approximate surface area is 86.9 Å². The van der Waals surface area contributed by atoms with Crippen molar-refractivity contribution in [3.05, 3.63) is 50.4 Å². The van der Waals surface area contributed by atoms with Gasteiger partial charge in [0.25, 0.3) is 0 Å². The maximum absolute atomic E-state index is 10.5. The Morgan fingerprint density at radius 1 is 0.800 bits per heavy atom. The van der Waals surface area contributed by atoms with Crippen LogP contribution in [-0.4, -0.2) is 11.9 Å². The Bertz CT molecular complexity index is 271. The Balaban J connectivity index is 3.60. The van der Waals surface area contributed by atoms with Gasteiger partial charge in [0.1, 0.15) is 25.0 Å². The van der Waals surface area contributed by atoms with Crippen LogP contribution >= 0.6 is 0 Å². The Morgan fingerprint density at radius 2 is 1.20 bits per heavy atom. The van der Waals surface area contributed by atoms with Crippen LogP contribution in [0, 0.1) is 0 Å². The van der Waals surface area contributed by atoms with Crippen LogP contribution in [-0.2, 0) is 23.8 Å². The molecule has 0 unspecified atom stereocenters. The molecule has 0 spiro atoms. The molecule has 0 saturated carbocycles. The summed E-state index contributed by atoms with van der Waals surface area (Å²) in [4.78, 5) is 21.0. The summed E-state index contributed by atoms with van der Waals surface area (Å²) in [7, 11) is 0. The molecule has 0 fully saturated rings. The molecule has 0 atom stereocenters. The first-order chi connectivity index (χ1) is 7.20. The molecule has 0 bridgehead atoms. The van der Waals surface area contributed by atoms with Crippen molar-refractivity contribution in [1.29, 1.82) is 0 Å². The normalized spacial score (nSPS) is 9.87. The molecular formula is C10H10O5. The van der Waals surface area contributed by atoms with Crippen molar-refractivity contribution < 1.29 is 23.8 Å². The summed E-state index contributed by atoms with van der Waals surface area (Å²) in [5, 5.41) is 0. The Hall–Kier alpha value is -2.30. The van der Waals surface area contributed by atoms with Gasteiger partial charge in [-0.2, -0.15) is 0 Å². The summed E-state index contributed by atoms with van der Waals surface area (Å²) >= 11 is 0. The number of esters is 2. The molecule has 0 radical (unpaired) electrons. The second kappa shape index (κ2) is 8.31. The van der Waals surface area contributed by atoms with E-state index >= 15 is 0 Å². The van der Waals surface area contributed by atoms with E-state index in [0.717, 1.165) is 37.2 Å². The first kappa shape index (κ1) is 12.7. The van der Waals surface area contributed by atoms with Gasteiger partial charge in [0.2, 0.25) is 0 Å². The molecule has 0 N–H and O–H groups in total. The zero-order valence-electron chi connectivity index (χ0n) is 7.92. The highest BCUT2D eigenvalue weighted by molar-refractivity contribution is 5.81. The monoisotopic (exact) mass is 210 g/mol. The highest BCUT2D eigenvalue weighted by Crippen LogP contribution is 1.86. The Morgan fingerprint density at radius 3 is 1.53 bits per heavy atom. The standard InChI is InChI=1S/C10H10O5/c1-3-9(11)14-7-5-13-6-8-15-10(12)4-2/h3-8H,1-2H2. The van der Waals surface area contributed by atoms with Crippen molar-refractivity contribution in [2.24, 2.45) is 0 Å². The van der Waals surface area contributed by atoms with Crippen molar-refractivity contribution in [3.8, 4) is 0 Å². The fourth-order valence-electron chi connectivity index (χ4n) is 0.395. The third-order valence-electron chi connectivity index (χ3n) is 0.970. The predicted molar refractivity (Wildman–Crippen MR) is 51.9 cm³/mol. The smallest absolute Gasteiger partial charge is 0.335 e. The van der Waals surface area contributed by atoms with E-state index in [0.29, 0.717) is 0 Å². The van der Waals surface area contributed by atoms with Gasteiger partial charge in [-0.05, 0) is 0 Å². The molecule has 0 aromatic rings. The number of ether oxygens (including phenoxy) is 3. The van der Waals surface area contributed by atoms with Gasteiger partial charge in [-0.25, -0.2) is 9.59 Å². The summed E-state index contributed by atoms with van der Waals surface area (Å²) in [6, 6.07) is 0. The van der Waals surface area contributed by atoms with Crippen molar-refractivity contribution in [2.75, 3.05) is 0 Å². The van der Waals surface area contributed by atoms with Gasteiger partial charge >= 0.3 is 11.9 Å². The van der Waals surface area contributed by atoms with Crippen LogP contribution < -0.4 is 0 Å². The highest BCUT2D eigenvalue weighted by Gasteiger charge is 1.89. The summed E-state index contributed by atoms with van der Waals surface area (Å²) in [6.45, 7) is 6.38. The van der Waals surface area contributed by atoms with Gasteiger partial charge in [0.05, 0.1) is 0 Å². The molecule has 5 nitrogen and oxygen atoms in total. The van der Waals surface area contributed by atoms with Crippen LogP contribution in [0.25, 0.3) is 0 Å². The van der Waals surface area contributed by atoms with E-state index in [9.17, 15) is 9.59 Å². The number of carbonyl (C=O) groups is 2. The zero-order chi connectivity index (χ0) is 11.5. The van der Waals surface area contributed by atoms with E-state index in [1.807, 2.05) is 0 Å². The third-order valence-corrected chi connectivity index (χ3v) is 0.970. The van der Waals surface area contributed by atoms with Crippen LogP contribution in [0.3, 0.4) is 0 Å². The largest absolute Gasteiger partial charge is 0.466 e. The molecule has 15 heavy (non-hydrogen) atoms. The zero-order valence-corrected chi connectivity index (χ0v) is 7.92. The second-order valence-electron chi connectivity index (χ2n) is 1.96. The SMILES string of the molecule is C=CC(=O)OC=COC=COC(=O)C=C. The van der Waals surface area contributed by atoms with Crippen LogP contribution in [0.2, 0.25) is 0 Å². The number of carbonyl (C=O) groups excluding carboxylic acids is 2. The van der Waals surface area contributed by atoms with Crippen molar-refractivity contribution in [3.63, 3.8) is 0 Å². The van der Waals surface area contributed by atoms with E-state index in [2.05, 4.69) is 27.4 Å². The van der Waals surface area contributed by atoms with Gasteiger partial charge in [-0.15, -0.1) is 0 Å². The van der Waals surface area contributed by atoms with E-state index in [4.69, 9.17) is 0 Å². The molecule has 0 aliphatic rings. The molecule has 0 saturated heterocycles. The molecule has 0 aromatic carbocycles. The molecule has 0 aliphatic heterocycles. The molecule has 0 aromatic heterocycles. The van der Waals surface area contributed by atoms with Crippen molar-refractivity contribution >= 4 is 11.9 Å². The maximum Gasteiger partial charge on any atom is 0.335 e. The average molecular weight is 210 g/mol. The molecule has 0 amide bonds. The molecular weight excluding hydrogens is 200 g/mol. The van der Waals surface area contributed by atoms with E-state index in [-0.39, 0.29) is 0 Å². The van der Waals surface area contributed by atoms with Gasteiger partial charge < -0.3 is 14.2 Å². The van der Waals surface area contributed by atoms with E-state index in [1.54, 1.807) is 0 Å². The fraction of sp³-hybridized carbons (Fsp3) is 0. The van der Waals surface area contributed by atoms with Gasteiger partial charge in [0.15, 0.2) is 0 Å². The lowest BCUT2D eigenvalue weighted by atomic mass is 10.7. The van der Waals surface area contributed by atoms with Crippen molar-refractivity contribution in [1.82, 2.24) is 0 Å². The van der Waals surface area contributed by atoms with Gasteiger partial charge in [0, 0.05) is 12.2 Å². The lowest BCUT2D eigenvalue weighted by Gasteiger charge is -1.92. The predicted octanol–water partition coefficient (Wildman–Crippen LogP) is 1.40. The number of hydrogen-bond donors (Lipinski definition) is 0. The first-order valence-corrected chi connectivity index (χ1v) is 3.82.